The summed E-state index contributed by atoms with van der Waals surface area (Å²) in [6.07, 6.45) is 1.98. The van der Waals surface area contributed by atoms with E-state index in [4.69, 9.17) is 5.73 Å². The van der Waals surface area contributed by atoms with Crippen LogP contribution in [0.1, 0.15) is 29.9 Å². The summed E-state index contributed by atoms with van der Waals surface area (Å²) < 4.78 is 27.2. The minimum absolute atomic E-state index is 0.0375. The van der Waals surface area contributed by atoms with Crippen LogP contribution in [-0.4, -0.2) is 24.5 Å². The van der Waals surface area contributed by atoms with Gasteiger partial charge in [0, 0.05) is 18.5 Å². The molecule has 0 aliphatic carbocycles. The number of rotatable bonds is 5. The number of likely N-dealkylation sites (tertiary alicyclic amines) is 1. The molecule has 2 aromatic carbocycles. The summed E-state index contributed by atoms with van der Waals surface area (Å²) in [6, 6.07) is 14.3. The van der Waals surface area contributed by atoms with Crippen molar-refractivity contribution in [2.45, 2.75) is 25.3 Å². The van der Waals surface area contributed by atoms with Crippen molar-refractivity contribution < 1.29 is 8.78 Å². The van der Waals surface area contributed by atoms with Gasteiger partial charge in [0.25, 0.3) is 0 Å². The summed E-state index contributed by atoms with van der Waals surface area (Å²) in [7, 11) is 0. The van der Waals surface area contributed by atoms with Gasteiger partial charge in [-0.3, -0.25) is 4.90 Å². The van der Waals surface area contributed by atoms with Gasteiger partial charge < -0.3 is 5.73 Å². The molecule has 2 nitrogen and oxygen atoms in total. The van der Waals surface area contributed by atoms with Gasteiger partial charge in [0.15, 0.2) is 0 Å². The normalized spacial score (nSPS) is 17.8. The topological polar surface area (TPSA) is 29.3 Å². The Morgan fingerprint density at radius 2 is 1.75 bits per heavy atom. The highest BCUT2D eigenvalue weighted by Crippen LogP contribution is 2.33. The number of nitrogens with two attached hydrogens (primary N) is 1. The van der Waals surface area contributed by atoms with E-state index in [0.717, 1.165) is 38.5 Å². The minimum Gasteiger partial charge on any atom is -0.330 e. The van der Waals surface area contributed by atoms with E-state index in [9.17, 15) is 8.78 Å². The fourth-order valence-electron chi connectivity index (χ4n) is 3.73. The van der Waals surface area contributed by atoms with E-state index in [2.05, 4.69) is 29.2 Å². The third-order valence-corrected chi connectivity index (χ3v) is 5.07. The van der Waals surface area contributed by atoms with Crippen molar-refractivity contribution >= 4 is 0 Å². The molecule has 1 aliphatic rings. The highest BCUT2D eigenvalue weighted by atomic mass is 19.1. The Morgan fingerprint density at radius 3 is 2.38 bits per heavy atom. The molecule has 1 fully saturated rings. The molecule has 24 heavy (non-hydrogen) atoms. The lowest BCUT2D eigenvalue weighted by Gasteiger charge is -2.36. The zero-order valence-electron chi connectivity index (χ0n) is 13.8. The monoisotopic (exact) mass is 330 g/mol. The first-order chi connectivity index (χ1) is 11.7. The van der Waals surface area contributed by atoms with E-state index in [1.165, 1.54) is 11.6 Å². The standard InChI is InChI=1S/C20H24F2N2/c21-17-6-7-18(20(22)12-17)19(13-23)16-8-10-24(11-9-16)14-15-4-2-1-3-5-15/h1-7,12,16,19H,8-11,13-14,23H2. The van der Waals surface area contributed by atoms with Gasteiger partial charge >= 0.3 is 0 Å². The summed E-state index contributed by atoms with van der Waals surface area (Å²) in [5.41, 5.74) is 7.80. The number of hydrogen-bond acceptors (Lipinski definition) is 2. The summed E-state index contributed by atoms with van der Waals surface area (Å²) >= 11 is 0. The van der Waals surface area contributed by atoms with Crippen LogP contribution in [-0.2, 0) is 6.54 Å². The Labute approximate surface area is 142 Å². The SMILES string of the molecule is NCC(c1ccc(F)cc1F)C1CCN(Cc2ccccc2)CC1. The first-order valence-electron chi connectivity index (χ1n) is 8.58. The molecule has 2 N–H and O–H groups in total. The van der Waals surface area contributed by atoms with Crippen LogP contribution in [0.15, 0.2) is 48.5 Å². The van der Waals surface area contributed by atoms with Crippen LogP contribution in [0.4, 0.5) is 8.78 Å². The van der Waals surface area contributed by atoms with Crippen molar-refractivity contribution in [3.05, 3.63) is 71.3 Å². The molecule has 1 heterocycles. The van der Waals surface area contributed by atoms with Crippen LogP contribution in [0.25, 0.3) is 0 Å². The molecule has 1 aliphatic heterocycles. The molecule has 128 valence electrons. The van der Waals surface area contributed by atoms with Crippen molar-refractivity contribution in [3.8, 4) is 0 Å². The van der Waals surface area contributed by atoms with Gasteiger partial charge in [-0.1, -0.05) is 36.4 Å². The first-order valence-corrected chi connectivity index (χ1v) is 8.58. The van der Waals surface area contributed by atoms with Gasteiger partial charge in [-0.15, -0.1) is 0 Å². The van der Waals surface area contributed by atoms with Crippen molar-refractivity contribution in [2.24, 2.45) is 11.7 Å². The third-order valence-electron chi connectivity index (χ3n) is 5.07. The molecule has 1 saturated heterocycles. The van der Waals surface area contributed by atoms with E-state index in [0.29, 0.717) is 18.0 Å². The van der Waals surface area contributed by atoms with Crippen LogP contribution in [0.5, 0.6) is 0 Å². The molecule has 0 spiro atoms. The maximum Gasteiger partial charge on any atom is 0.129 e. The van der Waals surface area contributed by atoms with Crippen LogP contribution < -0.4 is 5.73 Å². The van der Waals surface area contributed by atoms with Crippen LogP contribution in [0.2, 0.25) is 0 Å². The number of benzene rings is 2. The van der Waals surface area contributed by atoms with E-state index in [1.54, 1.807) is 6.07 Å². The second-order valence-electron chi connectivity index (χ2n) is 6.61. The molecule has 1 unspecified atom stereocenters. The quantitative estimate of drug-likeness (QED) is 0.900. The molecule has 4 heteroatoms. The number of piperidine rings is 1. The van der Waals surface area contributed by atoms with Crippen molar-refractivity contribution in [1.29, 1.82) is 0 Å². The average molecular weight is 330 g/mol. The fraction of sp³-hybridized carbons (Fsp3) is 0.400. The molecule has 0 radical (unpaired) electrons. The summed E-state index contributed by atoms with van der Waals surface area (Å²) in [5.74, 6) is -0.701. The zero-order chi connectivity index (χ0) is 16.9. The van der Waals surface area contributed by atoms with Gasteiger partial charge in [-0.2, -0.15) is 0 Å². The van der Waals surface area contributed by atoms with Crippen LogP contribution in [0.3, 0.4) is 0 Å². The van der Waals surface area contributed by atoms with Gasteiger partial charge in [-0.25, -0.2) is 8.78 Å². The van der Waals surface area contributed by atoms with Gasteiger partial charge in [0.2, 0.25) is 0 Å². The summed E-state index contributed by atoms with van der Waals surface area (Å²) in [5, 5.41) is 0. The predicted molar refractivity (Wildman–Crippen MR) is 92.6 cm³/mol. The molecule has 0 amide bonds. The predicted octanol–water partition coefficient (Wildman–Crippen LogP) is 3.92. The van der Waals surface area contributed by atoms with Crippen LogP contribution in [0, 0.1) is 17.6 Å². The molecular formula is C20H24F2N2. The molecule has 2 aromatic rings. The maximum absolute atomic E-state index is 14.1. The van der Waals surface area contributed by atoms with Gasteiger partial charge in [-0.05, 0) is 55.6 Å². The number of halogens is 2. The molecule has 0 bridgehead atoms. The Kier molecular flexibility index (Phi) is 5.59. The Bertz CT molecular complexity index is 652. The van der Waals surface area contributed by atoms with Crippen molar-refractivity contribution in [3.63, 3.8) is 0 Å². The summed E-state index contributed by atoms with van der Waals surface area (Å²) in [4.78, 5) is 2.43. The van der Waals surface area contributed by atoms with E-state index >= 15 is 0 Å². The van der Waals surface area contributed by atoms with E-state index in [1.807, 2.05) is 6.07 Å². The Hall–Kier alpha value is -1.78. The van der Waals surface area contributed by atoms with Crippen LogP contribution >= 0.6 is 0 Å². The summed E-state index contributed by atoms with van der Waals surface area (Å²) in [6.45, 7) is 3.31. The zero-order valence-corrected chi connectivity index (χ0v) is 13.8. The Balaban J connectivity index is 1.62. The number of hydrogen-bond donors (Lipinski definition) is 1. The second-order valence-corrected chi connectivity index (χ2v) is 6.61. The lowest BCUT2D eigenvalue weighted by Crippen LogP contribution is -2.37. The molecule has 3 rings (SSSR count). The highest BCUT2D eigenvalue weighted by molar-refractivity contribution is 5.24. The molecule has 1 atom stereocenters. The maximum atomic E-state index is 14.1. The largest absolute Gasteiger partial charge is 0.330 e. The average Bonchev–Trinajstić information content (AvgIpc) is 2.60. The molecular weight excluding hydrogens is 306 g/mol. The number of nitrogens with zero attached hydrogens (tertiary/aromatic N) is 1. The van der Waals surface area contributed by atoms with E-state index < -0.39 is 11.6 Å². The highest BCUT2D eigenvalue weighted by Gasteiger charge is 2.28. The van der Waals surface area contributed by atoms with Crippen molar-refractivity contribution in [2.75, 3.05) is 19.6 Å². The second kappa shape index (κ2) is 7.86. The van der Waals surface area contributed by atoms with Gasteiger partial charge in [0.1, 0.15) is 11.6 Å². The van der Waals surface area contributed by atoms with E-state index in [-0.39, 0.29) is 5.92 Å². The molecule has 0 saturated carbocycles. The fourth-order valence-corrected chi connectivity index (χ4v) is 3.73. The van der Waals surface area contributed by atoms with Crippen molar-refractivity contribution in [1.82, 2.24) is 4.90 Å². The molecule has 0 aromatic heterocycles. The smallest absolute Gasteiger partial charge is 0.129 e. The lowest BCUT2D eigenvalue weighted by atomic mass is 9.80. The minimum atomic E-state index is -0.537. The lowest BCUT2D eigenvalue weighted by molar-refractivity contribution is 0.162. The van der Waals surface area contributed by atoms with Gasteiger partial charge in [0.05, 0.1) is 0 Å². The Morgan fingerprint density at radius 1 is 1.04 bits per heavy atom. The third kappa shape index (κ3) is 4.00. The first kappa shape index (κ1) is 17.1.